The van der Waals surface area contributed by atoms with Gasteiger partial charge in [0, 0.05) is 5.56 Å². The van der Waals surface area contributed by atoms with Crippen molar-refractivity contribution >= 4 is 5.84 Å². The number of amidine groups is 1. The van der Waals surface area contributed by atoms with E-state index >= 15 is 0 Å². The predicted octanol–water partition coefficient (Wildman–Crippen LogP) is 4.49. The van der Waals surface area contributed by atoms with E-state index in [1.807, 2.05) is 24.3 Å². The quantitative estimate of drug-likeness (QED) is 0.355. The van der Waals surface area contributed by atoms with Gasteiger partial charge in [0.05, 0.1) is 6.61 Å². The van der Waals surface area contributed by atoms with Gasteiger partial charge < -0.3 is 10.5 Å². The summed E-state index contributed by atoms with van der Waals surface area (Å²) in [7, 11) is 0. The molecule has 0 aliphatic carbocycles. The van der Waals surface area contributed by atoms with Crippen LogP contribution in [0.25, 0.3) is 0 Å². The van der Waals surface area contributed by atoms with Crippen molar-refractivity contribution in [3.05, 3.63) is 29.8 Å². The lowest BCUT2D eigenvalue weighted by Crippen LogP contribution is -2.10. The van der Waals surface area contributed by atoms with E-state index in [9.17, 15) is 0 Å². The molecule has 3 N–H and O–H groups in total. The second-order valence-electron chi connectivity index (χ2n) is 5.26. The first-order valence-corrected chi connectivity index (χ1v) is 7.81. The highest BCUT2D eigenvalue weighted by Gasteiger charge is 1.98. The van der Waals surface area contributed by atoms with Crippen LogP contribution in [0.4, 0.5) is 0 Å². The van der Waals surface area contributed by atoms with Crippen LogP contribution in [0.15, 0.2) is 24.3 Å². The Morgan fingerprint density at radius 1 is 0.950 bits per heavy atom. The van der Waals surface area contributed by atoms with Crippen LogP contribution in [-0.2, 0) is 0 Å². The summed E-state index contributed by atoms with van der Waals surface area (Å²) in [5, 5.41) is 7.32. The van der Waals surface area contributed by atoms with Crippen molar-refractivity contribution in [2.75, 3.05) is 6.61 Å². The smallest absolute Gasteiger partial charge is 0.122 e. The summed E-state index contributed by atoms with van der Waals surface area (Å²) in [5.41, 5.74) is 6.15. The first kappa shape index (κ1) is 16.5. The van der Waals surface area contributed by atoms with Crippen LogP contribution in [0.3, 0.4) is 0 Å². The standard InChI is InChI=1S/C17H28N2O/c1-2-3-4-5-6-7-8-9-14-20-16-12-10-15(11-13-16)17(18)19/h10-13H,2-9,14H2,1H3,(H3,18,19). The third-order valence-electron chi connectivity index (χ3n) is 3.43. The Balaban J connectivity index is 2.02. The first-order valence-electron chi connectivity index (χ1n) is 7.81. The summed E-state index contributed by atoms with van der Waals surface area (Å²) < 4.78 is 5.67. The second-order valence-corrected chi connectivity index (χ2v) is 5.26. The molecule has 3 nitrogen and oxygen atoms in total. The predicted molar refractivity (Wildman–Crippen MR) is 85.6 cm³/mol. The maximum Gasteiger partial charge on any atom is 0.122 e. The van der Waals surface area contributed by atoms with Crippen molar-refractivity contribution in [2.24, 2.45) is 5.73 Å². The van der Waals surface area contributed by atoms with Crippen molar-refractivity contribution in [1.82, 2.24) is 0 Å². The van der Waals surface area contributed by atoms with Gasteiger partial charge in [0.25, 0.3) is 0 Å². The van der Waals surface area contributed by atoms with E-state index in [-0.39, 0.29) is 5.84 Å². The number of nitrogens with one attached hydrogen (secondary N) is 1. The zero-order valence-electron chi connectivity index (χ0n) is 12.7. The number of hydrogen-bond acceptors (Lipinski definition) is 2. The van der Waals surface area contributed by atoms with E-state index in [1.54, 1.807) is 0 Å². The molecule has 0 fully saturated rings. The Bertz CT molecular complexity index is 373. The maximum absolute atomic E-state index is 7.32. The molecule has 0 radical (unpaired) electrons. The molecule has 20 heavy (non-hydrogen) atoms. The molecular weight excluding hydrogens is 248 g/mol. The van der Waals surface area contributed by atoms with Gasteiger partial charge in [-0.25, -0.2) is 0 Å². The lowest BCUT2D eigenvalue weighted by atomic mass is 10.1. The largest absolute Gasteiger partial charge is 0.494 e. The highest BCUT2D eigenvalue weighted by molar-refractivity contribution is 5.94. The summed E-state index contributed by atoms with van der Waals surface area (Å²) in [6.07, 6.45) is 10.5. The molecule has 1 aromatic rings. The fraction of sp³-hybridized carbons (Fsp3) is 0.588. The Morgan fingerprint density at radius 2 is 1.50 bits per heavy atom. The van der Waals surface area contributed by atoms with Crippen LogP contribution in [0, 0.1) is 5.41 Å². The normalized spacial score (nSPS) is 10.4. The molecule has 1 rings (SSSR count). The number of nitrogens with two attached hydrogens (primary N) is 1. The highest BCUT2D eigenvalue weighted by atomic mass is 16.5. The molecule has 0 heterocycles. The van der Waals surface area contributed by atoms with E-state index in [1.165, 1.54) is 44.9 Å². The molecule has 0 bridgehead atoms. The molecule has 3 heteroatoms. The van der Waals surface area contributed by atoms with E-state index in [0.717, 1.165) is 24.3 Å². The Hall–Kier alpha value is -1.51. The number of ether oxygens (including phenoxy) is 1. The van der Waals surface area contributed by atoms with Crippen molar-refractivity contribution in [3.8, 4) is 5.75 Å². The van der Waals surface area contributed by atoms with Crippen molar-refractivity contribution in [1.29, 1.82) is 5.41 Å². The summed E-state index contributed by atoms with van der Waals surface area (Å²) in [6.45, 7) is 3.02. The molecule has 0 unspecified atom stereocenters. The van der Waals surface area contributed by atoms with Gasteiger partial charge in [-0.15, -0.1) is 0 Å². The Kier molecular flexibility index (Phi) is 8.52. The SMILES string of the molecule is CCCCCCCCCCOc1ccc(C(=N)N)cc1. The molecule has 0 spiro atoms. The van der Waals surface area contributed by atoms with Gasteiger partial charge in [-0.3, -0.25) is 5.41 Å². The van der Waals surface area contributed by atoms with Gasteiger partial charge in [0.1, 0.15) is 11.6 Å². The minimum absolute atomic E-state index is 0.0969. The molecule has 0 amide bonds. The molecule has 0 aliphatic heterocycles. The third-order valence-corrected chi connectivity index (χ3v) is 3.43. The molecular formula is C17H28N2O. The van der Waals surface area contributed by atoms with Crippen LogP contribution in [0.2, 0.25) is 0 Å². The topological polar surface area (TPSA) is 59.1 Å². The monoisotopic (exact) mass is 276 g/mol. The fourth-order valence-corrected chi connectivity index (χ4v) is 2.16. The van der Waals surface area contributed by atoms with Gasteiger partial charge in [-0.1, -0.05) is 51.9 Å². The van der Waals surface area contributed by atoms with Crippen LogP contribution in [0.1, 0.15) is 63.9 Å². The number of benzene rings is 1. The molecule has 0 aromatic heterocycles. The van der Waals surface area contributed by atoms with Gasteiger partial charge in [-0.2, -0.15) is 0 Å². The van der Waals surface area contributed by atoms with Gasteiger partial charge in [-0.05, 0) is 30.7 Å². The van der Waals surface area contributed by atoms with Gasteiger partial charge in [0.15, 0.2) is 0 Å². The number of rotatable bonds is 11. The lowest BCUT2D eigenvalue weighted by molar-refractivity contribution is 0.304. The van der Waals surface area contributed by atoms with Crippen LogP contribution >= 0.6 is 0 Å². The number of nitrogen functional groups attached to an aromatic ring is 1. The first-order chi connectivity index (χ1) is 9.74. The Morgan fingerprint density at radius 3 is 2.05 bits per heavy atom. The lowest BCUT2D eigenvalue weighted by Gasteiger charge is -2.07. The van der Waals surface area contributed by atoms with Crippen LogP contribution in [0.5, 0.6) is 5.75 Å². The van der Waals surface area contributed by atoms with E-state index in [0.29, 0.717) is 0 Å². The summed E-state index contributed by atoms with van der Waals surface area (Å²) in [4.78, 5) is 0. The molecule has 112 valence electrons. The minimum Gasteiger partial charge on any atom is -0.494 e. The van der Waals surface area contributed by atoms with E-state index < -0.39 is 0 Å². The van der Waals surface area contributed by atoms with Crippen molar-refractivity contribution in [3.63, 3.8) is 0 Å². The summed E-state index contributed by atoms with van der Waals surface area (Å²) >= 11 is 0. The zero-order valence-corrected chi connectivity index (χ0v) is 12.7. The summed E-state index contributed by atoms with van der Waals surface area (Å²) in [6, 6.07) is 7.40. The highest BCUT2D eigenvalue weighted by Crippen LogP contribution is 2.13. The molecule has 1 aromatic carbocycles. The average Bonchev–Trinajstić information content (AvgIpc) is 2.46. The summed E-state index contributed by atoms with van der Waals surface area (Å²) in [5.74, 6) is 0.956. The average molecular weight is 276 g/mol. The molecule has 0 atom stereocenters. The van der Waals surface area contributed by atoms with Gasteiger partial charge >= 0.3 is 0 Å². The van der Waals surface area contributed by atoms with Crippen LogP contribution < -0.4 is 10.5 Å². The van der Waals surface area contributed by atoms with E-state index in [2.05, 4.69) is 6.92 Å². The third kappa shape index (κ3) is 7.17. The molecule has 0 saturated carbocycles. The second kappa shape index (κ2) is 10.3. The van der Waals surface area contributed by atoms with Crippen molar-refractivity contribution < 1.29 is 4.74 Å². The zero-order chi connectivity index (χ0) is 14.6. The number of hydrogen-bond donors (Lipinski definition) is 2. The van der Waals surface area contributed by atoms with Gasteiger partial charge in [0.2, 0.25) is 0 Å². The minimum atomic E-state index is 0.0969. The fourth-order valence-electron chi connectivity index (χ4n) is 2.16. The maximum atomic E-state index is 7.32. The molecule has 0 aliphatic rings. The van der Waals surface area contributed by atoms with Crippen molar-refractivity contribution in [2.45, 2.75) is 58.3 Å². The Labute approximate surface area is 123 Å². The van der Waals surface area contributed by atoms with E-state index in [4.69, 9.17) is 15.9 Å². The van der Waals surface area contributed by atoms with Crippen LogP contribution in [-0.4, -0.2) is 12.4 Å². The number of unbranched alkanes of at least 4 members (excludes halogenated alkanes) is 7. The molecule has 0 saturated heterocycles.